The van der Waals surface area contributed by atoms with Gasteiger partial charge in [0.15, 0.2) is 0 Å². The van der Waals surface area contributed by atoms with Gasteiger partial charge in [0, 0.05) is 31.2 Å². The maximum absolute atomic E-state index is 13.9. The van der Waals surface area contributed by atoms with Crippen molar-refractivity contribution >= 4 is 33.2 Å². The quantitative estimate of drug-likeness (QED) is 0.744. The van der Waals surface area contributed by atoms with Crippen LogP contribution in [0.4, 0.5) is 10.1 Å². The van der Waals surface area contributed by atoms with Crippen molar-refractivity contribution in [3.05, 3.63) is 53.3 Å². The van der Waals surface area contributed by atoms with Crippen LogP contribution in [-0.4, -0.2) is 63.4 Å². The molecule has 0 radical (unpaired) electrons. The van der Waals surface area contributed by atoms with E-state index < -0.39 is 15.8 Å². The molecule has 0 unspecified atom stereocenters. The molecule has 1 aliphatic heterocycles. The number of carbonyl (C=O) groups excluding carboxylic acids is 1. The summed E-state index contributed by atoms with van der Waals surface area (Å²) >= 11 is 5.96. The monoisotopic (exact) mass is 441 g/mol. The Morgan fingerprint density at radius 3 is 2.52 bits per heavy atom. The second kappa shape index (κ2) is 9.08. The van der Waals surface area contributed by atoms with E-state index in [9.17, 15) is 17.6 Å². The predicted octanol–water partition coefficient (Wildman–Crippen LogP) is 2.43. The molecular weight excluding hydrogens is 421 g/mol. The summed E-state index contributed by atoms with van der Waals surface area (Å²) in [5, 5.41) is 3.22. The average molecular weight is 442 g/mol. The van der Waals surface area contributed by atoms with E-state index in [2.05, 4.69) is 5.32 Å². The van der Waals surface area contributed by atoms with Crippen LogP contribution in [0.3, 0.4) is 0 Å². The first kappa shape index (κ1) is 21.5. The molecule has 1 heterocycles. The Kier molecular flexibility index (Phi) is 6.74. The van der Waals surface area contributed by atoms with Gasteiger partial charge >= 0.3 is 0 Å². The summed E-state index contributed by atoms with van der Waals surface area (Å²) < 4.78 is 45.6. The van der Waals surface area contributed by atoms with Crippen LogP contribution in [0.5, 0.6) is 5.75 Å². The average Bonchev–Trinajstić information content (AvgIpc) is 2.69. The smallest absolute Gasteiger partial charge is 0.246 e. The van der Waals surface area contributed by atoms with E-state index in [-0.39, 0.29) is 30.4 Å². The Labute approximate surface area is 174 Å². The Morgan fingerprint density at radius 1 is 1.17 bits per heavy atom. The number of methoxy groups -OCH3 is 1. The van der Waals surface area contributed by atoms with Crippen LogP contribution in [0, 0.1) is 5.82 Å². The summed E-state index contributed by atoms with van der Waals surface area (Å²) in [6.07, 6.45) is 0. The second-order valence-electron chi connectivity index (χ2n) is 6.50. The number of ether oxygens (including phenoxy) is 1. The summed E-state index contributed by atoms with van der Waals surface area (Å²) in [7, 11) is -2.41. The summed E-state index contributed by atoms with van der Waals surface area (Å²) in [5.74, 6) is -0.552. The zero-order valence-corrected chi connectivity index (χ0v) is 17.3. The van der Waals surface area contributed by atoms with E-state index in [4.69, 9.17) is 16.3 Å². The molecule has 0 aliphatic carbocycles. The first-order chi connectivity index (χ1) is 13.8. The maximum Gasteiger partial charge on any atom is 0.246 e. The molecule has 1 saturated heterocycles. The lowest BCUT2D eigenvalue weighted by atomic mass is 10.3. The minimum Gasteiger partial charge on any atom is -0.495 e. The first-order valence-corrected chi connectivity index (χ1v) is 10.7. The number of hydrogen-bond acceptors (Lipinski definition) is 5. The molecule has 1 N–H and O–H groups in total. The standard InChI is InChI=1S/C19H21ClFN3O4S/c1-28-17-7-6-14(20)12-16(17)22-19(25)13-23-8-10-24(11-9-23)29(26,27)18-5-3-2-4-15(18)21/h2-7,12H,8-11,13H2,1H3,(H,22,25). The molecule has 156 valence electrons. The Bertz CT molecular complexity index is 995. The van der Waals surface area contributed by atoms with E-state index in [1.807, 2.05) is 4.90 Å². The minimum absolute atomic E-state index is 0.0866. The van der Waals surface area contributed by atoms with Gasteiger partial charge in [0.25, 0.3) is 0 Å². The summed E-state index contributed by atoms with van der Waals surface area (Å²) in [4.78, 5) is 13.9. The van der Waals surface area contributed by atoms with Crippen LogP contribution >= 0.6 is 11.6 Å². The molecule has 0 spiro atoms. The highest BCUT2D eigenvalue weighted by atomic mass is 35.5. The van der Waals surface area contributed by atoms with E-state index in [1.165, 1.54) is 29.6 Å². The molecular formula is C19H21ClFN3O4S. The number of piperazine rings is 1. The molecule has 10 heteroatoms. The Morgan fingerprint density at radius 2 is 1.86 bits per heavy atom. The fraction of sp³-hybridized carbons (Fsp3) is 0.316. The fourth-order valence-corrected chi connectivity index (χ4v) is 4.75. The normalized spacial score (nSPS) is 15.8. The molecule has 0 bridgehead atoms. The van der Waals surface area contributed by atoms with Gasteiger partial charge in [0.2, 0.25) is 15.9 Å². The lowest BCUT2D eigenvalue weighted by Gasteiger charge is -2.33. The first-order valence-electron chi connectivity index (χ1n) is 8.91. The molecule has 3 rings (SSSR count). The lowest BCUT2D eigenvalue weighted by molar-refractivity contribution is -0.117. The third-order valence-corrected chi connectivity index (χ3v) is 6.76. The minimum atomic E-state index is -3.91. The van der Waals surface area contributed by atoms with Crippen LogP contribution in [0.25, 0.3) is 0 Å². The Hall–Kier alpha value is -2.20. The summed E-state index contributed by atoms with van der Waals surface area (Å²) in [5.41, 5.74) is 0.464. The molecule has 0 aromatic heterocycles. The summed E-state index contributed by atoms with van der Waals surface area (Å²) in [6, 6.07) is 10.2. The van der Waals surface area contributed by atoms with Crippen molar-refractivity contribution < 1.29 is 22.3 Å². The van der Waals surface area contributed by atoms with Crippen molar-refractivity contribution in [3.8, 4) is 5.75 Å². The van der Waals surface area contributed by atoms with Gasteiger partial charge in [0.05, 0.1) is 19.3 Å². The molecule has 1 fully saturated rings. The number of sulfonamides is 1. The third kappa shape index (κ3) is 5.05. The maximum atomic E-state index is 13.9. The molecule has 2 aromatic rings. The number of hydrogen-bond donors (Lipinski definition) is 1. The molecule has 1 aliphatic rings. The van der Waals surface area contributed by atoms with E-state index in [0.717, 1.165) is 6.07 Å². The third-order valence-electron chi connectivity index (χ3n) is 4.59. The van der Waals surface area contributed by atoms with Crippen LogP contribution in [0.2, 0.25) is 5.02 Å². The van der Waals surface area contributed by atoms with Crippen LogP contribution in [0.1, 0.15) is 0 Å². The summed E-state index contributed by atoms with van der Waals surface area (Å²) in [6.45, 7) is 1.14. The van der Waals surface area contributed by atoms with Crippen LogP contribution < -0.4 is 10.1 Å². The Balaban J connectivity index is 1.58. The number of benzene rings is 2. The lowest BCUT2D eigenvalue weighted by Crippen LogP contribution is -2.50. The number of nitrogens with one attached hydrogen (secondary N) is 1. The SMILES string of the molecule is COc1ccc(Cl)cc1NC(=O)CN1CCN(S(=O)(=O)c2ccccc2F)CC1. The fourth-order valence-electron chi connectivity index (χ4n) is 3.09. The number of anilines is 1. The molecule has 1 amide bonds. The van der Waals surface area contributed by atoms with Gasteiger partial charge in [-0.2, -0.15) is 4.31 Å². The van der Waals surface area contributed by atoms with Crippen molar-refractivity contribution in [3.63, 3.8) is 0 Å². The largest absolute Gasteiger partial charge is 0.495 e. The van der Waals surface area contributed by atoms with Crippen molar-refractivity contribution in [2.45, 2.75) is 4.90 Å². The number of rotatable bonds is 6. The highest BCUT2D eigenvalue weighted by Crippen LogP contribution is 2.27. The highest BCUT2D eigenvalue weighted by molar-refractivity contribution is 7.89. The van der Waals surface area contributed by atoms with Gasteiger partial charge in [-0.05, 0) is 30.3 Å². The molecule has 2 aromatic carbocycles. The van der Waals surface area contributed by atoms with E-state index in [0.29, 0.717) is 29.5 Å². The second-order valence-corrected chi connectivity index (χ2v) is 8.85. The zero-order valence-electron chi connectivity index (χ0n) is 15.8. The van der Waals surface area contributed by atoms with E-state index in [1.54, 1.807) is 18.2 Å². The van der Waals surface area contributed by atoms with Gasteiger partial charge in [-0.25, -0.2) is 12.8 Å². The van der Waals surface area contributed by atoms with Gasteiger partial charge in [-0.3, -0.25) is 9.69 Å². The van der Waals surface area contributed by atoms with Gasteiger partial charge in [-0.15, -0.1) is 0 Å². The predicted molar refractivity (Wildman–Crippen MR) is 108 cm³/mol. The molecule has 29 heavy (non-hydrogen) atoms. The van der Waals surface area contributed by atoms with Crippen LogP contribution in [-0.2, 0) is 14.8 Å². The van der Waals surface area contributed by atoms with E-state index >= 15 is 0 Å². The number of halogens is 2. The van der Waals surface area contributed by atoms with Crippen molar-refractivity contribution in [2.75, 3.05) is 45.2 Å². The molecule has 0 saturated carbocycles. The topological polar surface area (TPSA) is 79.0 Å². The van der Waals surface area contributed by atoms with Crippen molar-refractivity contribution in [1.29, 1.82) is 0 Å². The number of carbonyl (C=O) groups is 1. The van der Waals surface area contributed by atoms with Crippen LogP contribution in [0.15, 0.2) is 47.4 Å². The number of nitrogens with zero attached hydrogens (tertiary/aromatic N) is 2. The zero-order chi connectivity index (χ0) is 21.0. The molecule has 0 atom stereocenters. The van der Waals surface area contributed by atoms with Gasteiger partial charge in [0.1, 0.15) is 16.5 Å². The highest BCUT2D eigenvalue weighted by Gasteiger charge is 2.30. The number of amides is 1. The van der Waals surface area contributed by atoms with Gasteiger partial charge < -0.3 is 10.1 Å². The van der Waals surface area contributed by atoms with Crippen molar-refractivity contribution in [1.82, 2.24) is 9.21 Å². The van der Waals surface area contributed by atoms with Gasteiger partial charge in [-0.1, -0.05) is 23.7 Å². The molecule has 7 nitrogen and oxygen atoms in total. The van der Waals surface area contributed by atoms with Crippen molar-refractivity contribution in [2.24, 2.45) is 0 Å².